The topological polar surface area (TPSA) is 169 Å². The number of esters is 1. The summed E-state index contributed by atoms with van der Waals surface area (Å²) in [5, 5.41) is 6.71. The number of alkyl carbamates (subject to hydrolysis) is 1. The van der Waals surface area contributed by atoms with E-state index in [4.69, 9.17) is 14.2 Å². The van der Waals surface area contributed by atoms with Crippen LogP contribution in [-0.2, 0) is 40.1 Å². The average Bonchev–Trinajstić information content (AvgIpc) is 3.06. The smallest absolute Gasteiger partial charge is 0.408 e. The van der Waals surface area contributed by atoms with Crippen molar-refractivity contribution in [3.05, 3.63) is 71.2 Å². The molecule has 0 aliphatic carbocycles. The number of hydrazine groups is 1. The molecule has 0 saturated carbocycles. The van der Waals surface area contributed by atoms with Crippen molar-refractivity contribution in [3.8, 4) is 5.75 Å². The zero-order valence-electron chi connectivity index (χ0n) is 29.9. The number of ether oxygens (including phenoxy) is 3. The standard InChI is InChI=1S/C36H49BrN4O9S/c1-8-9-20-48-34(44)29-14-11-19-41(40-29)33(43)30(38-32(42)31(23(2)3)39-35(45)50-36(5,6)7)22-25-12-10-13-27(21-25)49-24(4)51(46,47)28-17-15-26(37)16-18-28/h8,10,12-13,15-18,21,23-24,29-31,40H,1,9,11,14,19-20,22H2,2-7H3,(H,38,42)(H,39,45)/t24?,29-,30-,31-/m0/s1. The van der Waals surface area contributed by atoms with Gasteiger partial charge in [0.2, 0.25) is 21.2 Å². The molecule has 1 saturated heterocycles. The Hall–Kier alpha value is -3.95. The molecule has 13 nitrogen and oxygen atoms in total. The molecule has 280 valence electrons. The van der Waals surface area contributed by atoms with Gasteiger partial charge in [0.1, 0.15) is 29.5 Å². The van der Waals surface area contributed by atoms with E-state index in [0.29, 0.717) is 24.8 Å². The van der Waals surface area contributed by atoms with Crippen LogP contribution in [0, 0.1) is 5.92 Å². The second kappa shape index (κ2) is 18.5. The Morgan fingerprint density at radius 3 is 2.39 bits per heavy atom. The van der Waals surface area contributed by atoms with E-state index < -0.39 is 62.9 Å². The molecular weight excluding hydrogens is 744 g/mol. The predicted octanol–water partition coefficient (Wildman–Crippen LogP) is 4.84. The molecule has 2 aromatic carbocycles. The van der Waals surface area contributed by atoms with E-state index in [0.717, 1.165) is 4.47 Å². The van der Waals surface area contributed by atoms with E-state index >= 15 is 0 Å². The molecule has 15 heteroatoms. The van der Waals surface area contributed by atoms with Crippen molar-refractivity contribution in [1.29, 1.82) is 0 Å². The van der Waals surface area contributed by atoms with Crippen LogP contribution in [0.4, 0.5) is 4.79 Å². The first-order chi connectivity index (χ1) is 23.9. The lowest BCUT2D eigenvalue weighted by Crippen LogP contribution is -2.62. The highest BCUT2D eigenvalue weighted by molar-refractivity contribution is 9.10. The Labute approximate surface area is 308 Å². The molecule has 0 bridgehead atoms. The summed E-state index contributed by atoms with van der Waals surface area (Å²) in [6.07, 6.45) is 2.26. The van der Waals surface area contributed by atoms with Gasteiger partial charge in [-0.2, -0.15) is 0 Å². The highest BCUT2D eigenvalue weighted by Gasteiger charge is 2.36. The molecule has 1 heterocycles. The van der Waals surface area contributed by atoms with Crippen molar-refractivity contribution in [2.45, 2.75) is 101 Å². The molecule has 2 aromatic rings. The number of nitrogens with one attached hydrogen (secondary N) is 3. The van der Waals surface area contributed by atoms with E-state index in [-0.39, 0.29) is 36.1 Å². The maximum Gasteiger partial charge on any atom is 0.408 e. The fraction of sp³-hybridized carbons (Fsp3) is 0.500. The van der Waals surface area contributed by atoms with Crippen LogP contribution in [0.5, 0.6) is 5.75 Å². The van der Waals surface area contributed by atoms with Gasteiger partial charge in [-0.25, -0.2) is 18.6 Å². The highest BCUT2D eigenvalue weighted by Crippen LogP contribution is 2.24. The molecule has 3 amide bonds. The summed E-state index contributed by atoms with van der Waals surface area (Å²) in [7, 11) is -3.85. The fourth-order valence-electron chi connectivity index (χ4n) is 5.13. The van der Waals surface area contributed by atoms with Crippen molar-refractivity contribution in [3.63, 3.8) is 0 Å². The van der Waals surface area contributed by atoms with E-state index in [1.807, 2.05) is 0 Å². The molecule has 3 N–H and O–H groups in total. The van der Waals surface area contributed by atoms with Gasteiger partial charge in [-0.15, -0.1) is 6.58 Å². The third kappa shape index (κ3) is 12.6. The van der Waals surface area contributed by atoms with E-state index in [1.54, 1.807) is 77.1 Å². The van der Waals surface area contributed by atoms with Gasteiger partial charge in [0.15, 0.2) is 0 Å². The zero-order valence-corrected chi connectivity index (χ0v) is 32.3. The molecule has 4 atom stereocenters. The molecule has 1 unspecified atom stereocenters. The molecule has 3 rings (SSSR count). The lowest BCUT2D eigenvalue weighted by atomic mass is 10.0. The van der Waals surface area contributed by atoms with Crippen LogP contribution in [-0.4, -0.2) is 79.6 Å². The molecule has 0 spiro atoms. The Morgan fingerprint density at radius 1 is 1.08 bits per heavy atom. The molecule has 51 heavy (non-hydrogen) atoms. The quantitative estimate of drug-likeness (QED) is 0.129. The lowest BCUT2D eigenvalue weighted by molar-refractivity contribution is -0.153. The molecule has 0 aromatic heterocycles. The SMILES string of the molecule is C=CCCOC(=O)[C@@H]1CCCN(C(=O)[C@H](Cc2cccc(OC(C)S(=O)(=O)c3ccc(Br)cc3)c2)NC(=O)[C@@H](NC(=O)OC(C)(C)C)C(C)C)N1. The van der Waals surface area contributed by atoms with Crippen LogP contribution >= 0.6 is 15.9 Å². The Bertz CT molecular complexity index is 1640. The summed E-state index contributed by atoms with van der Waals surface area (Å²) >= 11 is 3.31. The first-order valence-electron chi connectivity index (χ1n) is 16.8. The van der Waals surface area contributed by atoms with Crippen molar-refractivity contribution < 1.29 is 41.8 Å². The van der Waals surface area contributed by atoms with Crippen LogP contribution in [0.15, 0.2) is 70.6 Å². The van der Waals surface area contributed by atoms with E-state index in [1.165, 1.54) is 24.1 Å². The van der Waals surface area contributed by atoms with Gasteiger partial charge in [0.05, 0.1) is 11.5 Å². The minimum absolute atomic E-state index is 0.0283. The van der Waals surface area contributed by atoms with Crippen molar-refractivity contribution >= 4 is 49.6 Å². The minimum atomic E-state index is -3.85. The van der Waals surface area contributed by atoms with E-state index in [9.17, 15) is 27.6 Å². The number of carbonyl (C=O) groups is 4. The first kappa shape index (κ1) is 41.5. The second-order valence-corrected chi connectivity index (χ2v) is 16.7. The van der Waals surface area contributed by atoms with Crippen molar-refractivity contribution in [1.82, 2.24) is 21.1 Å². The third-order valence-electron chi connectivity index (χ3n) is 7.76. The zero-order chi connectivity index (χ0) is 37.9. The minimum Gasteiger partial charge on any atom is -0.474 e. The molecular formula is C36H49BrN4O9S. The summed E-state index contributed by atoms with van der Waals surface area (Å²) in [6, 6.07) is 9.81. The van der Waals surface area contributed by atoms with Gasteiger partial charge in [-0.1, -0.05) is 48.0 Å². The maximum atomic E-state index is 14.1. The molecule has 0 radical (unpaired) electrons. The molecule has 1 aliphatic heterocycles. The lowest BCUT2D eigenvalue weighted by Gasteiger charge is -2.35. The number of rotatable bonds is 15. The Morgan fingerprint density at radius 2 is 1.76 bits per heavy atom. The number of hydrogen-bond donors (Lipinski definition) is 3. The van der Waals surface area contributed by atoms with Gasteiger partial charge in [0.25, 0.3) is 5.91 Å². The van der Waals surface area contributed by atoms with Crippen molar-refractivity contribution in [2.24, 2.45) is 5.92 Å². The first-order valence-corrected chi connectivity index (χ1v) is 19.1. The predicted molar refractivity (Wildman–Crippen MR) is 195 cm³/mol. The van der Waals surface area contributed by atoms with Gasteiger partial charge < -0.3 is 24.8 Å². The fourth-order valence-corrected chi connectivity index (χ4v) is 6.53. The largest absolute Gasteiger partial charge is 0.474 e. The number of hydrogen-bond acceptors (Lipinski definition) is 10. The Kier molecular flexibility index (Phi) is 15.1. The summed E-state index contributed by atoms with van der Waals surface area (Å²) in [5.74, 6) is -1.78. The maximum absolute atomic E-state index is 14.1. The summed E-state index contributed by atoms with van der Waals surface area (Å²) in [4.78, 5) is 53.3. The number of nitrogens with zero attached hydrogens (tertiary/aromatic N) is 1. The number of benzene rings is 2. The molecule has 1 aliphatic rings. The third-order valence-corrected chi connectivity index (χ3v) is 10.2. The van der Waals surface area contributed by atoms with Gasteiger partial charge in [-0.3, -0.25) is 19.4 Å². The van der Waals surface area contributed by atoms with Crippen LogP contribution in [0.3, 0.4) is 0 Å². The summed E-state index contributed by atoms with van der Waals surface area (Å²) in [6.45, 7) is 14.1. The van der Waals surface area contributed by atoms with Crippen LogP contribution in [0.25, 0.3) is 0 Å². The average molecular weight is 794 g/mol. The van der Waals surface area contributed by atoms with Crippen LogP contribution < -0.4 is 20.8 Å². The Balaban J connectivity index is 1.86. The van der Waals surface area contributed by atoms with Gasteiger partial charge in [0, 0.05) is 17.4 Å². The van der Waals surface area contributed by atoms with Gasteiger partial charge in [-0.05, 0) is 94.8 Å². The monoisotopic (exact) mass is 792 g/mol. The number of amides is 3. The van der Waals surface area contributed by atoms with E-state index in [2.05, 4.69) is 38.6 Å². The highest BCUT2D eigenvalue weighted by atomic mass is 79.9. The number of halogens is 1. The van der Waals surface area contributed by atoms with Gasteiger partial charge >= 0.3 is 12.1 Å². The normalized spacial score (nSPS) is 16.7. The van der Waals surface area contributed by atoms with Crippen molar-refractivity contribution in [2.75, 3.05) is 13.2 Å². The summed E-state index contributed by atoms with van der Waals surface area (Å²) in [5.41, 5.74) is 1.47. The number of carbonyl (C=O) groups excluding carboxylic acids is 4. The summed E-state index contributed by atoms with van der Waals surface area (Å²) < 4.78 is 43.7. The number of sulfone groups is 1. The van der Waals surface area contributed by atoms with Crippen LogP contribution in [0.2, 0.25) is 0 Å². The second-order valence-electron chi connectivity index (χ2n) is 13.5. The van der Waals surface area contributed by atoms with Crippen LogP contribution in [0.1, 0.15) is 66.4 Å². The molecule has 1 fully saturated rings.